The minimum absolute atomic E-state index is 0.190. The molecule has 2 aliphatic heterocycles. The molecule has 4 saturated carbocycles. The van der Waals surface area contributed by atoms with Crippen molar-refractivity contribution in [1.82, 2.24) is 0 Å². The third-order valence-corrected chi connectivity index (χ3v) is 11.6. The number of ether oxygens (including phenoxy) is 2. The third kappa shape index (κ3) is 2.43. The fourth-order valence-corrected chi connectivity index (χ4v) is 10.3. The predicted molar refractivity (Wildman–Crippen MR) is 117 cm³/mol. The zero-order valence-corrected chi connectivity index (χ0v) is 19.6. The first-order valence-electron chi connectivity index (χ1n) is 13.1. The summed E-state index contributed by atoms with van der Waals surface area (Å²) in [6, 6.07) is 0. The Hall–Kier alpha value is -0.410. The highest BCUT2D eigenvalue weighted by Crippen LogP contribution is 2.71. The summed E-state index contributed by atoms with van der Waals surface area (Å²) in [4.78, 5) is 13.1. The normalized spacial score (nSPS) is 60.1. The van der Waals surface area contributed by atoms with Crippen molar-refractivity contribution in [1.29, 1.82) is 0 Å². The van der Waals surface area contributed by atoms with E-state index in [9.17, 15) is 4.79 Å². The number of fused-ring (bicyclic) bond motifs is 7. The van der Waals surface area contributed by atoms with Gasteiger partial charge >= 0.3 is 0 Å². The van der Waals surface area contributed by atoms with Gasteiger partial charge < -0.3 is 9.47 Å². The first-order valence-corrected chi connectivity index (χ1v) is 13.1. The zero-order chi connectivity index (χ0) is 20.9. The number of Topliss-reactive ketones (excluding diaryl/α,β-unsaturated/α-hetero) is 1. The van der Waals surface area contributed by atoms with Gasteiger partial charge in [0, 0.05) is 12.3 Å². The molecule has 0 amide bonds. The van der Waals surface area contributed by atoms with Crippen LogP contribution in [-0.4, -0.2) is 24.3 Å². The van der Waals surface area contributed by atoms with Gasteiger partial charge in [0.1, 0.15) is 0 Å². The Bertz CT molecular complexity index is 734. The van der Waals surface area contributed by atoms with E-state index in [0.29, 0.717) is 35.7 Å². The van der Waals surface area contributed by atoms with Gasteiger partial charge in [0.15, 0.2) is 5.78 Å². The fourth-order valence-electron chi connectivity index (χ4n) is 10.3. The summed E-state index contributed by atoms with van der Waals surface area (Å²) in [5.74, 6) is 3.84. The van der Waals surface area contributed by atoms with E-state index in [0.717, 1.165) is 23.7 Å². The molecule has 0 unspecified atom stereocenters. The molecule has 6 rings (SSSR count). The maximum absolute atomic E-state index is 13.1. The highest BCUT2D eigenvalue weighted by Gasteiger charge is 2.70. The molecule has 0 bridgehead atoms. The molecule has 3 heteroatoms. The van der Waals surface area contributed by atoms with Crippen LogP contribution < -0.4 is 0 Å². The first kappa shape index (κ1) is 20.2. The van der Waals surface area contributed by atoms with E-state index in [1.807, 2.05) is 0 Å². The lowest BCUT2D eigenvalue weighted by atomic mass is 9.44. The van der Waals surface area contributed by atoms with Crippen LogP contribution in [0.3, 0.4) is 0 Å². The molecule has 6 fully saturated rings. The quantitative estimate of drug-likeness (QED) is 0.487. The zero-order valence-electron chi connectivity index (χ0n) is 19.6. The average Bonchev–Trinajstić information content (AvgIpc) is 3.16. The van der Waals surface area contributed by atoms with Gasteiger partial charge in [-0.3, -0.25) is 4.79 Å². The number of hydrogen-bond donors (Lipinski definition) is 0. The van der Waals surface area contributed by atoms with Gasteiger partial charge in [-0.15, -0.1) is 0 Å². The topological polar surface area (TPSA) is 35.5 Å². The lowest BCUT2D eigenvalue weighted by Gasteiger charge is -2.60. The van der Waals surface area contributed by atoms with E-state index in [4.69, 9.17) is 9.47 Å². The smallest absolute Gasteiger partial charge is 0.232 e. The van der Waals surface area contributed by atoms with Gasteiger partial charge in [0.25, 0.3) is 0 Å². The van der Waals surface area contributed by atoms with Gasteiger partial charge in [-0.05, 0) is 91.3 Å². The summed E-state index contributed by atoms with van der Waals surface area (Å²) in [6.07, 6.45) is 13.5. The van der Waals surface area contributed by atoms with Crippen LogP contribution in [0.1, 0.15) is 91.9 Å². The van der Waals surface area contributed by atoms with Crippen molar-refractivity contribution in [2.24, 2.45) is 52.3 Å². The minimum atomic E-state index is -0.931. The standard InChI is InChI=1S/C27H42O3/c1-16-13-23(28)27(29-15-16)17(2)24-22(30-27)14-21-19-9-8-18-7-5-6-11-25(18,3)20(19)10-12-26(21,24)4/h16-22,24H,5-15H2,1-4H3/t16-,17+,18-,19-,20+,21+,22+,24+,25+,26+,27+/m1/s1. The second kappa shape index (κ2) is 6.56. The second-order valence-corrected chi connectivity index (χ2v) is 12.9. The molecule has 4 aliphatic carbocycles. The number of hydrogen-bond acceptors (Lipinski definition) is 3. The molecule has 0 N–H and O–H groups in total. The molecule has 3 nitrogen and oxygen atoms in total. The third-order valence-electron chi connectivity index (χ3n) is 11.6. The highest BCUT2D eigenvalue weighted by molar-refractivity contribution is 5.87. The van der Waals surface area contributed by atoms with Crippen molar-refractivity contribution in [3.8, 4) is 0 Å². The summed E-state index contributed by atoms with van der Waals surface area (Å²) < 4.78 is 12.9. The van der Waals surface area contributed by atoms with Crippen LogP contribution in [0.5, 0.6) is 0 Å². The van der Waals surface area contributed by atoms with Gasteiger partial charge in [-0.1, -0.05) is 40.5 Å². The molecule has 11 atom stereocenters. The highest BCUT2D eigenvalue weighted by atomic mass is 16.7. The molecule has 30 heavy (non-hydrogen) atoms. The van der Waals surface area contributed by atoms with Crippen LogP contribution in [-0.2, 0) is 14.3 Å². The van der Waals surface area contributed by atoms with Crippen LogP contribution in [0.4, 0.5) is 0 Å². The molecule has 1 spiro atoms. The molecule has 0 aromatic heterocycles. The van der Waals surface area contributed by atoms with E-state index in [-0.39, 0.29) is 17.8 Å². The van der Waals surface area contributed by atoms with Crippen molar-refractivity contribution in [3.63, 3.8) is 0 Å². The largest absolute Gasteiger partial charge is 0.343 e. The lowest BCUT2D eigenvalue weighted by Crippen LogP contribution is -2.56. The van der Waals surface area contributed by atoms with E-state index in [2.05, 4.69) is 27.7 Å². The van der Waals surface area contributed by atoms with Crippen molar-refractivity contribution in [3.05, 3.63) is 0 Å². The van der Waals surface area contributed by atoms with E-state index in [1.165, 1.54) is 57.8 Å². The molecule has 0 aromatic carbocycles. The Kier molecular flexibility index (Phi) is 4.42. The fraction of sp³-hybridized carbons (Fsp3) is 0.963. The van der Waals surface area contributed by atoms with Crippen LogP contribution in [0.2, 0.25) is 0 Å². The molecule has 168 valence electrons. The summed E-state index contributed by atoms with van der Waals surface area (Å²) in [5.41, 5.74) is 0.909. The van der Waals surface area contributed by atoms with Gasteiger partial charge in [-0.2, -0.15) is 0 Å². The number of ketones is 1. The van der Waals surface area contributed by atoms with Gasteiger partial charge in [0.2, 0.25) is 5.79 Å². The number of carbonyl (C=O) groups excluding carboxylic acids is 1. The SMILES string of the molecule is C[C@H]1CO[C@@]2(O[C@H]3C[C@H]4[C@@H]5CC[C@H]6CCCC[C@]6(C)[C@H]5CC[C@]4(C)[C@H]3[C@@H]2C)C(=O)C1. The van der Waals surface area contributed by atoms with Crippen molar-refractivity contribution >= 4 is 5.78 Å². The molecule has 0 radical (unpaired) electrons. The Morgan fingerprint density at radius 1 is 0.933 bits per heavy atom. The maximum atomic E-state index is 13.1. The van der Waals surface area contributed by atoms with Gasteiger partial charge in [0.05, 0.1) is 12.7 Å². The maximum Gasteiger partial charge on any atom is 0.232 e. The van der Waals surface area contributed by atoms with Crippen LogP contribution >= 0.6 is 0 Å². The second-order valence-electron chi connectivity index (χ2n) is 12.9. The van der Waals surface area contributed by atoms with E-state index >= 15 is 0 Å². The monoisotopic (exact) mass is 414 g/mol. The number of rotatable bonds is 0. The first-order chi connectivity index (χ1) is 14.3. The lowest BCUT2D eigenvalue weighted by molar-refractivity contribution is -0.252. The van der Waals surface area contributed by atoms with Crippen molar-refractivity contribution in [2.45, 2.75) is 104 Å². The Morgan fingerprint density at radius 2 is 1.77 bits per heavy atom. The number of carbonyl (C=O) groups is 1. The molecule has 0 aromatic rings. The molecule has 6 aliphatic rings. The van der Waals surface area contributed by atoms with Crippen molar-refractivity contribution < 1.29 is 14.3 Å². The van der Waals surface area contributed by atoms with E-state index < -0.39 is 5.79 Å². The van der Waals surface area contributed by atoms with Crippen LogP contribution in [0.25, 0.3) is 0 Å². The Morgan fingerprint density at radius 3 is 2.57 bits per heavy atom. The molecule has 2 heterocycles. The van der Waals surface area contributed by atoms with Crippen molar-refractivity contribution in [2.75, 3.05) is 6.61 Å². The van der Waals surface area contributed by atoms with Gasteiger partial charge in [-0.25, -0.2) is 0 Å². The van der Waals surface area contributed by atoms with Crippen LogP contribution in [0, 0.1) is 52.3 Å². The Balaban J connectivity index is 1.29. The summed E-state index contributed by atoms with van der Waals surface area (Å²) in [5, 5.41) is 0. The molecular formula is C27H42O3. The predicted octanol–water partition coefficient (Wildman–Crippen LogP) is 6.00. The molecular weight excluding hydrogens is 372 g/mol. The summed E-state index contributed by atoms with van der Waals surface area (Å²) in [7, 11) is 0. The van der Waals surface area contributed by atoms with Crippen LogP contribution in [0.15, 0.2) is 0 Å². The summed E-state index contributed by atoms with van der Waals surface area (Å²) >= 11 is 0. The average molecular weight is 415 g/mol. The Labute approximate surface area is 183 Å². The molecule has 2 saturated heterocycles. The van der Waals surface area contributed by atoms with E-state index in [1.54, 1.807) is 0 Å². The minimum Gasteiger partial charge on any atom is -0.343 e. The summed E-state index contributed by atoms with van der Waals surface area (Å²) in [6.45, 7) is 10.3.